The van der Waals surface area contributed by atoms with E-state index in [-0.39, 0.29) is 18.6 Å². The van der Waals surface area contributed by atoms with E-state index in [1.54, 1.807) is 34.6 Å². The average Bonchev–Trinajstić information content (AvgIpc) is 2.40. The van der Waals surface area contributed by atoms with Gasteiger partial charge in [0.05, 0.1) is 19.1 Å². The third-order valence-corrected chi connectivity index (χ3v) is 3.05. The van der Waals surface area contributed by atoms with E-state index in [1.165, 1.54) is 12.1 Å². The van der Waals surface area contributed by atoms with Crippen LogP contribution in [0.1, 0.15) is 51.3 Å². The summed E-state index contributed by atoms with van der Waals surface area (Å²) in [6, 6.07) is 1.93. The van der Waals surface area contributed by atoms with Crippen molar-refractivity contribution in [3.05, 3.63) is 29.1 Å². The molecule has 24 heavy (non-hydrogen) atoms. The maximum Gasteiger partial charge on any atom is 0.408 e. The molecule has 0 saturated carbocycles. The Labute approximate surface area is 143 Å². The van der Waals surface area contributed by atoms with Gasteiger partial charge in [0.2, 0.25) is 0 Å². The van der Waals surface area contributed by atoms with Gasteiger partial charge in [0.25, 0.3) is 0 Å². The quantitative estimate of drug-likeness (QED) is 0.663. The van der Waals surface area contributed by atoms with Gasteiger partial charge in [-0.15, -0.1) is 0 Å². The van der Waals surface area contributed by atoms with Crippen LogP contribution < -0.4 is 10.8 Å². The first-order valence-corrected chi connectivity index (χ1v) is 7.74. The smallest absolute Gasteiger partial charge is 0.408 e. The molecule has 0 heterocycles. The van der Waals surface area contributed by atoms with E-state index in [0.29, 0.717) is 11.0 Å². The number of hydrogen-bond acceptors (Lipinski definition) is 4. The lowest BCUT2D eigenvalue weighted by Gasteiger charge is -2.24. The first-order chi connectivity index (χ1) is 11.0. The molecule has 5 nitrogen and oxygen atoms in total. The van der Waals surface area contributed by atoms with Crippen molar-refractivity contribution < 1.29 is 23.5 Å². The molecule has 0 fully saturated rings. The van der Waals surface area contributed by atoms with Crippen LogP contribution in [0.2, 0.25) is 0 Å². The van der Waals surface area contributed by atoms with E-state index in [2.05, 4.69) is 5.32 Å². The molecule has 0 saturated heterocycles. The minimum Gasteiger partial charge on any atom is -0.466 e. The SMILES string of the molecule is [B]c1cc(C)c(F)c([C@H](CC(=O)OCC)NC(=O)OC(C)(C)C)c1. The van der Waals surface area contributed by atoms with E-state index >= 15 is 0 Å². The van der Waals surface area contributed by atoms with Gasteiger partial charge in [0.1, 0.15) is 19.3 Å². The summed E-state index contributed by atoms with van der Waals surface area (Å²) >= 11 is 0. The first-order valence-electron chi connectivity index (χ1n) is 7.74. The van der Waals surface area contributed by atoms with Crippen LogP contribution in [0.15, 0.2) is 12.1 Å². The number of esters is 1. The summed E-state index contributed by atoms with van der Waals surface area (Å²) in [5, 5.41) is 2.52. The van der Waals surface area contributed by atoms with Crippen LogP contribution >= 0.6 is 0 Å². The molecule has 1 aromatic rings. The van der Waals surface area contributed by atoms with E-state index < -0.39 is 29.5 Å². The summed E-state index contributed by atoms with van der Waals surface area (Å²) < 4.78 is 24.5. The highest BCUT2D eigenvalue weighted by Crippen LogP contribution is 2.23. The summed E-state index contributed by atoms with van der Waals surface area (Å²) in [6.45, 7) is 8.54. The van der Waals surface area contributed by atoms with Crippen molar-refractivity contribution in [1.29, 1.82) is 0 Å². The lowest BCUT2D eigenvalue weighted by molar-refractivity contribution is -0.143. The maximum absolute atomic E-state index is 14.5. The summed E-state index contributed by atoms with van der Waals surface area (Å²) in [4.78, 5) is 23.8. The number of amides is 1. The first kappa shape index (κ1) is 20.0. The molecule has 0 aliphatic heterocycles. The Balaban J connectivity index is 3.10. The Morgan fingerprint density at radius 1 is 1.33 bits per heavy atom. The third-order valence-electron chi connectivity index (χ3n) is 3.05. The predicted octanol–water partition coefficient (Wildman–Crippen LogP) is 2.45. The molecule has 0 aliphatic rings. The standard InChI is InChI=1S/C17H23BFNO4/c1-6-23-14(21)9-13(20-16(22)24-17(3,4)5)12-8-11(18)7-10(2)15(12)19/h7-8,13H,6,9H2,1-5H3,(H,20,22)/t13-/m0/s1. The number of hydrogen-bond donors (Lipinski definition) is 1. The van der Waals surface area contributed by atoms with E-state index in [9.17, 15) is 14.0 Å². The topological polar surface area (TPSA) is 64.6 Å². The molecular formula is C17H23BFNO4. The van der Waals surface area contributed by atoms with Gasteiger partial charge in [-0.25, -0.2) is 9.18 Å². The van der Waals surface area contributed by atoms with Crippen LogP contribution in [0.5, 0.6) is 0 Å². The molecule has 1 rings (SSSR count). The van der Waals surface area contributed by atoms with Crippen LogP contribution in [0.4, 0.5) is 9.18 Å². The van der Waals surface area contributed by atoms with Gasteiger partial charge in [-0.3, -0.25) is 4.79 Å². The fraction of sp³-hybridized carbons (Fsp3) is 0.529. The third kappa shape index (κ3) is 6.22. The van der Waals surface area contributed by atoms with Gasteiger partial charge in [0.15, 0.2) is 0 Å². The molecule has 1 amide bonds. The van der Waals surface area contributed by atoms with Gasteiger partial charge in [0, 0.05) is 5.56 Å². The van der Waals surface area contributed by atoms with Gasteiger partial charge in [-0.05, 0) is 40.2 Å². The molecular weight excluding hydrogens is 312 g/mol. The zero-order valence-electron chi connectivity index (χ0n) is 14.7. The highest BCUT2D eigenvalue weighted by molar-refractivity contribution is 6.32. The summed E-state index contributed by atoms with van der Waals surface area (Å²) in [7, 11) is 5.76. The Morgan fingerprint density at radius 3 is 2.50 bits per heavy atom. The zero-order chi connectivity index (χ0) is 18.5. The van der Waals surface area contributed by atoms with E-state index in [4.69, 9.17) is 17.3 Å². The molecule has 7 heteroatoms. The molecule has 130 valence electrons. The molecule has 0 aromatic heterocycles. The number of aryl methyl sites for hydroxylation is 1. The van der Waals surface area contributed by atoms with Gasteiger partial charge < -0.3 is 14.8 Å². The molecule has 0 aliphatic carbocycles. The van der Waals surface area contributed by atoms with Crippen molar-refractivity contribution in [2.24, 2.45) is 0 Å². The van der Waals surface area contributed by atoms with Gasteiger partial charge in [-0.2, -0.15) is 0 Å². The van der Waals surface area contributed by atoms with Crippen LogP contribution in [-0.2, 0) is 14.3 Å². The number of carbonyl (C=O) groups is 2. The van der Waals surface area contributed by atoms with Crippen LogP contribution in [0.3, 0.4) is 0 Å². The second-order valence-corrected chi connectivity index (χ2v) is 6.45. The number of nitrogens with one attached hydrogen (secondary N) is 1. The van der Waals surface area contributed by atoms with Crippen molar-refractivity contribution in [1.82, 2.24) is 5.32 Å². The second kappa shape index (κ2) is 8.17. The van der Waals surface area contributed by atoms with Crippen LogP contribution in [0.25, 0.3) is 0 Å². The van der Waals surface area contributed by atoms with Crippen molar-refractivity contribution in [3.63, 3.8) is 0 Å². The van der Waals surface area contributed by atoms with E-state index in [1.807, 2.05) is 0 Å². The Kier molecular flexibility index (Phi) is 6.81. The van der Waals surface area contributed by atoms with Crippen LogP contribution in [0, 0.1) is 12.7 Å². The number of halogens is 1. The molecule has 0 bridgehead atoms. The number of carbonyl (C=O) groups excluding carboxylic acids is 2. The normalized spacial score (nSPS) is 12.4. The zero-order valence-corrected chi connectivity index (χ0v) is 14.7. The monoisotopic (exact) mass is 335 g/mol. The molecule has 1 aromatic carbocycles. The van der Waals surface area contributed by atoms with E-state index in [0.717, 1.165) is 0 Å². The lowest BCUT2D eigenvalue weighted by atomic mass is 9.89. The van der Waals surface area contributed by atoms with Gasteiger partial charge in [-0.1, -0.05) is 17.6 Å². The lowest BCUT2D eigenvalue weighted by Crippen LogP contribution is -2.36. The van der Waals surface area contributed by atoms with Crippen molar-refractivity contribution in [3.8, 4) is 0 Å². The number of benzene rings is 1. The number of ether oxygens (including phenoxy) is 2. The number of alkyl carbamates (subject to hydrolysis) is 1. The highest BCUT2D eigenvalue weighted by Gasteiger charge is 2.26. The fourth-order valence-electron chi connectivity index (χ4n) is 2.15. The Morgan fingerprint density at radius 2 is 1.96 bits per heavy atom. The molecule has 0 unspecified atom stereocenters. The largest absolute Gasteiger partial charge is 0.466 e. The molecule has 1 atom stereocenters. The summed E-state index contributed by atoms with van der Waals surface area (Å²) in [5.74, 6) is -1.09. The minimum atomic E-state index is -0.943. The Hall–Kier alpha value is -2.05. The Bertz CT molecular complexity index is 613. The van der Waals surface area contributed by atoms with Gasteiger partial charge >= 0.3 is 12.1 Å². The minimum absolute atomic E-state index is 0.117. The fourth-order valence-corrected chi connectivity index (χ4v) is 2.15. The van der Waals surface area contributed by atoms with Crippen molar-refractivity contribution in [2.75, 3.05) is 6.61 Å². The predicted molar refractivity (Wildman–Crippen MR) is 89.9 cm³/mol. The summed E-state index contributed by atoms with van der Waals surface area (Å²) in [5.41, 5.74) is 0.0583. The second-order valence-electron chi connectivity index (χ2n) is 6.45. The molecule has 2 radical (unpaired) electrons. The number of rotatable bonds is 5. The van der Waals surface area contributed by atoms with Crippen molar-refractivity contribution >= 4 is 25.4 Å². The summed E-state index contributed by atoms with van der Waals surface area (Å²) in [6.07, 6.45) is -0.983. The molecule has 1 N–H and O–H groups in total. The molecule has 0 spiro atoms. The average molecular weight is 335 g/mol. The highest BCUT2D eigenvalue weighted by atomic mass is 19.1. The van der Waals surface area contributed by atoms with Crippen molar-refractivity contribution in [2.45, 2.75) is 52.7 Å². The van der Waals surface area contributed by atoms with Crippen LogP contribution in [-0.4, -0.2) is 32.1 Å². The maximum atomic E-state index is 14.5.